The van der Waals surface area contributed by atoms with Crippen molar-refractivity contribution in [3.05, 3.63) is 64.8 Å². The van der Waals surface area contributed by atoms with Crippen LogP contribution in [0.2, 0.25) is 0 Å². The van der Waals surface area contributed by atoms with Crippen molar-refractivity contribution >= 4 is 26.8 Å². The minimum atomic E-state index is 0.641. The number of nitrogens with zero attached hydrogens (tertiary/aromatic N) is 1. The average Bonchev–Trinajstić information content (AvgIpc) is 2.51. The Morgan fingerprint density at radius 1 is 1.05 bits per heavy atom. The molecule has 3 rings (SSSR count). The van der Waals surface area contributed by atoms with Crippen molar-refractivity contribution in [2.75, 3.05) is 6.54 Å². The summed E-state index contributed by atoms with van der Waals surface area (Å²) < 4.78 is 6.96. The molecular weight excluding hydrogens is 328 g/mol. The van der Waals surface area contributed by atoms with Crippen molar-refractivity contribution in [2.45, 2.75) is 6.42 Å². The smallest absolute Gasteiger partial charge is 0.141 e. The molecule has 0 aliphatic heterocycles. The number of fused-ring (bicyclic) bond motifs is 1. The number of nitrogens with two attached hydrogens (primary N) is 1. The molecule has 3 nitrogen and oxygen atoms in total. The molecule has 0 atom stereocenters. The summed E-state index contributed by atoms with van der Waals surface area (Å²) in [5.41, 5.74) is 7.69. The molecule has 2 aromatic carbocycles. The summed E-state index contributed by atoms with van der Waals surface area (Å²) in [4.78, 5) is 4.34. The second-order valence-corrected chi connectivity index (χ2v) is 5.59. The summed E-state index contributed by atoms with van der Waals surface area (Å²) in [6.07, 6.45) is 2.64. The van der Waals surface area contributed by atoms with Crippen LogP contribution < -0.4 is 10.5 Å². The van der Waals surface area contributed by atoms with Gasteiger partial charge in [-0.2, -0.15) is 0 Å². The van der Waals surface area contributed by atoms with Crippen molar-refractivity contribution in [3.8, 4) is 11.5 Å². The van der Waals surface area contributed by atoms with E-state index in [0.717, 1.165) is 33.3 Å². The first-order valence-electron chi connectivity index (χ1n) is 6.78. The van der Waals surface area contributed by atoms with E-state index in [4.69, 9.17) is 10.5 Å². The second-order valence-electron chi connectivity index (χ2n) is 4.73. The van der Waals surface area contributed by atoms with Crippen LogP contribution in [0.3, 0.4) is 0 Å². The van der Waals surface area contributed by atoms with Crippen molar-refractivity contribution in [2.24, 2.45) is 5.73 Å². The fraction of sp³-hybridized carbons (Fsp3) is 0.118. The predicted octanol–water partition coefficient (Wildman–Crippen LogP) is 4.29. The summed E-state index contributed by atoms with van der Waals surface area (Å²) in [6, 6.07) is 15.8. The molecule has 0 aliphatic rings. The Morgan fingerprint density at radius 2 is 1.95 bits per heavy atom. The maximum absolute atomic E-state index is 6.04. The van der Waals surface area contributed by atoms with Crippen LogP contribution in [0.5, 0.6) is 11.5 Å². The van der Waals surface area contributed by atoms with E-state index in [9.17, 15) is 0 Å². The third kappa shape index (κ3) is 3.06. The molecule has 4 heteroatoms. The maximum atomic E-state index is 6.04. The molecule has 1 heterocycles. The van der Waals surface area contributed by atoms with Crippen LogP contribution in [-0.4, -0.2) is 11.5 Å². The fourth-order valence-corrected chi connectivity index (χ4v) is 2.74. The highest BCUT2D eigenvalue weighted by Gasteiger charge is 2.07. The van der Waals surface area contributed by atoms with Gasteiger partial charge in [-0.1, -0.05) is 12.1 Å². The van der Waals surface area contributed by atoms with Gasteiger partial charge in [0.2, 0.25) is 0 Å². The number of pyridine rings is 1. The maximum Gasteiger partial charge on any atom is 0.141 e. The topological polar surface area (TPSA) is 48.1 Å². The fourth-order valence-electron chi connectivity index (χ4n) is 2.23. The predicted molar refractivity (Wildman–Crippen MR) is 88.7 cm³/mol. The van der Waals surface area contributed by atoms with Crippen molar-refractivity contribution in [3.63, 3.8) is 0 Å². The lowest BCUT2D eigenvalue weighted by atomic mass is 10.1. The monoisotopic (exact) mass is 342 g/mol. The minimum Gasteiger partial charge on any atom is -0.455 e. The van der Waals surface area contributed by atoms with Gasteiger partial charge in [0.1, 0.15) is 11.5 Å². The van der Waals surface area contributed by atoms with Gasteiger partial charge in [0.15, 0.2) is 0 Å². The lowest BCUT2D eigenvalue weighted by Crippen LogP contribution is -2.02. The Bertz CT molecular complexity index is 768. The first-order valence-corrected chi connectivity index (χ1v) is 7.57. The highest BCUT2D eigenvalue weighted by Crippen LogP contribution is 2.33. The van der Waals surface area contributed by atoms with Gasteiger partial charge in [0.05, 0.1) is 9.99 Å². The van der Waals surface area contributed by atoms with Gasteiger partial charge in [-0.05, 0) is 70.9 Å². The first kappa shape index (κ1) is 14.0. The van der Waals surface area contributed by atoms with Gasteiger partial charge in [-0.3, -0.25) is 4.98 Å². The van der Waals surface area contributed by atoms with Gasteiger partial charge < -0.3 is 10.5 Å². The molecule has 0 bridgehead atoms. The molecule has 0 radical (unpaired) electrons. The molecule has 1 aromatic heterocycles. The Balaban J connectivity index is 1.95. The van der Waals surface area contributed by atoms with E-state index in [-0.39, 0.29) is 0 Å². The molecule has 21 heavy (non-hydrogen) atoms. The van der Waals surface area contributed by atoms with E-state index in [1.54, 1.807) is 6.20 Å². The summed E-state index contributed by atoms with van der Waals surface area (Å²) >= 11 is 3.56. The third-order valence-electron chi connectivity index (χ3n) is 3.25. The van der Waals surface area contributed by atoms with E-state index in [0.29, 0.717) is 6.54 Å². The van der Waals surface area contributed by atoms with Crippen LogP contribution in [0.15, 0.2) is 59.2 Å². The molecule has 2 N–H and O–H groups in total. The summed E-state index contributed by atoms with van der Waals surface area (Å²) in [6.45, 7) is 0.641. The highest BCUT2D eigenvalue weighted by molar-refractivity contribution is 9.10. The van der Waals surface area contributed by atoms with Crippen molar-refractivity contribution in [1.29, 1.82) is 0 Å². The third-order valence-corrected chi connectivity index (χ3v) is 3.87. The summed E-state index contributed by atoms with van der Waals surface area (Å²) in [7, 11) is 0. The van der Waals surface area contributed by atoms with Crippen molar-refractivity contribution < 1.29 is 4.74 Å². The van der Waals surface area contributed by atoms with Crippen LogP contribution >= 0.6 is 15.9 Å². The average molecular weight is 343 g/mol. The van der Waals surface area contributed by atoms with E-state index in [1.165, 1.54) is 5.56 Å². The number of ether oxygens (including phenoxy) is 1. The van der Waals surface area contributed by atoms with Crippen LogP contribution in [0, 0.1) is 0 Å². The molecule has 0 amide bonds. The van der Waals surface area contributed by atoms with E-state index >= 15 is 0 Å². The molecule has 3 aromatic rings. The number of rotatable bonds is 4. The molecule has 0 unspecified atom stereocenters. The van der Waals surface area contributed by atoms with E-state index < -0.39 is 0 Å². The van der Waals surface area contributed by atoms with Gasteiger partial charge in [-0.15, -0.1) is 0 Å². The Labute approximate surface area is 131 Å². The number of benzene rings is 2. The molecule has 106 valence electrons. The Kier molecular flexibility index (Phi) is 4.18. The van der Waals surface area contributed by atoms with Crippen LogP contribution in [0.4, 0.5) is 0 Å². The zero-order valence-electron chi connectivity index (χ0n) is 11.4. The molecule has 0 saturated carbocycles. The van der Waals surface area contributed by atoms with E-state index in [2.05, 4.69) is 20.9 Å². The normalized spacial score (nSPS) is 10.8. The first-order chi connectivity index (χ1) is 10.3. The largest absolute Gasteiger partial charge is 0.455 e. The number of hydrogen-bond acceptors (Lipinski definition) is 3. The van der Waals surface area contributed by atoms with Crippen LogP contribution in [0.1, 0.15) is 5.56 Å². The van der Waals surface area contributed by atoms with E-state index in [1.807, 2.05) is 48.5 Å². The number of aromatic nitrogens is 1. The molecule has 0 spiro atoms. The summed E-state index contributed by atoms with van der Waals surface area (Å²) in [5, 5.41) is 0.998. The van der Waals surface area contributed by atoms with Gasteiger partial charge >= 0.3 is 0 Å². The Morgan fingerprint density at radius 3 is 2.76 bits per heavy atom. The quantitative estimate of drug-likeness (QED) is 0.769. The minimum absolute atomic E-state index is 0.641. The SMILES string of the molecule is NCCc1ccc(Oc2cccc3ncccc23)c(Br)c1. The zero-order valence-corrected chi connectivity index (χ0v) is 13.0. The van der Waals surface area contributed by atoms with Crippen LogP contribution in [0.25, 0.3) is 10.9 Å². The van der Waals surface area contributed by atoms with Gasteiger partial charge in [0, 0.05) is 11.6 Å². The van der Waals surface area contributed by atoms with Gasteiger partial charge in [0.25, 0.3) is 0 Å². The molecule has 0 aliphatic carbocycles. The number of hydrogen-bond donors (Lipinski definition) is 1. The molecule has 0 saturated heterocycles. The second kappa shape index (κ2) is 6.24. The highest BCUT2D eigenvalue weighted by atomic mass is 79.9. The standard InChI is InChI=1S/C17H15BrN2O/c18-14-11-12(8-9-19)6-7-17(14)21-16-5-1-4-15-13(16)3-2-10-20-15/h1-7,10-11H,8-9,19H2. The summed E-state index contributed by atoms with van der Waals surface area (Å²) in [5.74, 6) is 1.58. The molecule has 0 fully saturated rings. The molecular formula is C17H15BrN2O. The lowest BCUT2D eigenvalue weighted by molar-refractivity contribution is 0.485. The Hall–Kier alpha value is -1.91. The number of halogens is 1. The zero-order chi connectivity index (χ0) is 14.7. The van der Waals surface area contributed by atoms with Crippen molar-refractivity contribution in [1.82, 2.24) is 4.98 Å². The van der Waals surface area contributed by atoms with Crippen LogP contribution in [-0.2, 0) is 6.42 Å². The lowest BCUT2D eigenvalue weighted by Gasteiger charge is -2.11. The van der Waals surface area contributed by atoms with Gasteiger partial charge in [-0.25, -0.2) is 0 Å².